The van der Waals surface area contributed by atoms with Crippen LogP contribution >= 0.6 is 23.2 Å². The number of ether oxygens (including phenoxy) is 1. The Bertz CT molecular complexity index is 1090. The van der Waals surface area contributed by atoms with Crippen molar-refractivity contribution in [2.24, 2.45) is 0 Å². The molecule has 0 heterocycles. The molecule has 29 heavy (non-hydrogen) atoms. The van der Waals surface area contributed by atoms with Crippen LogP contribution < -0.4 is 10.1 Å². The highest BCUT2D eigenvalue weighted by Gasteiger charge is 2.22. The Morgan fingerprint density at radius 2 is 1.76 bits per heavy atom. The number of amides is 1. The predicted octanol–water partition coefficient (Wildman–Crippen LogP) is 5.53. The number of carbonyl (C=O) groups excluding carboxylic acids is 1. The number of nitrogens with zero attached hydrogens (tertiary/aromatic N) is 1. The zero-order valence-electron chi connectivity index (χ0n) is 15.2. The molecule has 3 aromatic carbocycles. The normalized spacial score (nSPS) is 11.4. The molecule has 0 spiro atoms. The summed E-state index contributed by atoms with van der Waals surface area (Å²) in [6, 6.07) is 16.7. The van der Waals surface area contributed by atoms with E-state index in [-0.39, 0.29) is 21.9 Å². The van der Waals surface area contributed by atoms with Crippen LogP contribution in [0.1, 0.15) is 33.1 Å². The van der Waals surface area contributed by atoms with Crippen LogP contribution in [0.15, 0.2) is 60.7 Å². The summed E-state index contributed by atoms with van der Waals surface area (Å²) in [5.41, 5.74) is 1.48. The van der Waals surface area contributed by atoms with E-state index in [2.05, 4.69) is 5.32 Å². The van der Waals surface area contributed by atoms with Gasteiger partial charge in [-0.2, -0.15) is 5.26 Å². The van der Waals surface area contributed by atoms with Gasteiger partial charge >= 0.3 is 0 Å². The maximum atomic E-state index is 14.6. The SMILES string of the molecule is COc1cc(C(=O)NC(c2ccc(Cl)cc2)c2ccc(Cl)cc2F)ccc1C#N. The highest BCUT2D eigenvalue weighted by Crippen LogP contribution is 2.28. The lowest BCUT2D eigenvalue weighted by atomic mass is 9.97. The van der Waals surface area contributed by atoms with E-state index in [0.717, 1.165) is 0 Å². The van der Waals surface area contributed by atoms with E-state index < -0.39 is 17.8 Å². The van der Waals surface area contributed by atoms with E-state index in [9.17, 15) is 9.18 Å². The van der Waals surface area contributed by atoms with Crippen molar-refractivity contribution in [2.45, 2.75) is 6.04 Å². The average Bonchev–Trinajstić information content (AvgIpc) is 2.72. The third kappa shape index (κ3) is 4.68. The van der Waals surface area contributed by atoms with Crippen LogP contribution in [0.25, 0.3) is 0 Å². The molecule has 0 fully saturated rings. The van der Waals surface area contributed by atoms with Crippen molar-refractivity contribution in [1.29, 1.82) is 5.26 Å². The van der Waals surface area contributed by atoms with E-state index in [0.29, 0.717) is 16.1 Å². The van der Waals surface area contributed by atoms with Crippen LogP contribution in [0.2, 0.25) is 10.0 Å². The smallest absolute Gasteiger partial charge is 0.252 e. The minimum Gasteiger partial charge on any atom is -0.495 e. The number of halogens is 3. The average molecular weight is 429 g/mol. The van der Waals surface area contributed by atoms with Crippen LogP contribution in [0.3, 0.4) is 0 Å². The van der Waals surface area contributed by atoms with E-state index in [1.807, 2.05) is 6.07 Å². The molecule has 4 nitrogen and oxygen atoms in total. The second kappa shape index (κ2) is 8.95. The first-order valence-electron chi connectivity index (χ1n) is 8.52. The third-order valence-electron chi connectivity index (χ3n) is 4.34. The predicted molar refractivity (Wildman–Crippen MR) is 110 cm³/mol. The number of nitriles is 1. The number of nitrogens with one attached hydrogen (secondary N) is 1. The highest BCUT2D eigenvalue weighted by atomic mass is 35.5. The fourth-order valence-corrected chi connectivity index (χ4v) is 3.16. The molecule has 0 aliphatic heterocycles. The zero-order chi connectivity index (χ0) is 21.0. The van der Waals surface area contributed by atoms with Gasteiger partial charge in [0.25, 0.3) is 5.91 Å². The Kier molecular flexibility index (Phi) is 6.38. The lowest BCUT2D eigenvalue weighted by Gasteiger charge is -2.21. The first-order chi connectivity index (χ1) is 13.9. The maximum Gasteiger partial charge on any atom is 0.252 e. The van der Waals surface area contributed by atoms with E-state index in [1.54, 1.807) is 30.3 Å². The molecule has 1 atom stereocenters. The van der Waals surface area contributed by atoms with Crippen LogP contribution in [-0.4, -0.2) is 13.0 Å². The van der Waals surface area contributed by atoms with Gasteiger partial charge in [-0.1, -0.05) is 41.4 Å². The first-order valence-corrected chi connectivity index (χ1v) is 9.28. The van der Waals surface area contributed by atoms with Gasteiger partial charge in [0.1, 0.15) is 17.6 Å². The summed E-state index contributed by atoms with van der Waals surface area (Å²) in [7, 11) is 1.41. The Balaban J connectivity index is 2.00. The molecule has 0 saturated carbocycles. The van der Waals surface area contributed by atoms with Crippen LogP contribution in [0, 0.1) is 17.1 Å². The Hall–Kier alpha value is -3.07. The molecule has 1 amide bonds. The molecular weight excluding hydrogens is 414 g/mol. The minimum atomic E-state index is -0.779. The number of carbonyl (C=O) groups is 1. The van der Waals surface area contributed by atoms with Crippen molar-refractivity contribution >= 4 is 29.1 Å². The van der Waals surface area contributed by atoms with Gasteiger partial charge < -0.3 is 10.1 Å². The highest BCUT2D eigenvalue weighted by molar-refractivity contribution is 6.30. The van der Waals surface area contributed by atoms with Crippen LogP contribution in [0.5, 0.6) is 5.75 Å². The number of benzene rings is 3. The molecule has 7 heteroatoms. The zero-order valence-corrected chi connectivity index (χ0v) is 16.8. The fourth-order valence-electron chi connectivity index (χ4n) is 2.87. The Labute approximate surface area is 177 Å². The number of rotatable bonds is 5. The van der Waals surface area contributed by atoms with E-state index >= 15 is 0 Å². The standard InChI is InChI=1S/C22H15Cl2FN2O2/c1-29-20-10-14(2-3-15(20)12-26)22(28)27-21(13-4-6-16(23)7-5-13)18-9-8-17(24)11-19(18)25/h2-11,21H,1H3,(H,27,28). The van der Waals surface area contributed by atoms with E-state index in [1.165, 1.54) is 37.4 Å². The van der Waals surface area contributed by atoms with Gasteiger partial charge in [0.05, 0.1) is 18.7 Å². The van der Waals surface area contributed by atoms with Gasteiger partial charge in [-0.25, -0.2) is 4.39 Å². The quantitative estimate of drug-likeness (QED) is 0.580. The van der Waals surface area contributed by atoms with Crippen molar-refractivity contribution < 1.29 is 13.9 Å². The van der Waals surface area contributed by atoms with Crippen molar-refractivity contribution in [3.05, 3.63) is 98.8 Å². The number of methoxy groups -OCH3 is 1. The number of hydrogen-bond acceptors (Lipinski definition) is 3. The van der Waals surface area contributed by atoms with Crippen molar-refractivity contribution in [3.8, 4) is 11.8 Å². The van der Waals surface area contributed by atoms with Gasteiger partial charge in [-0.3, -0.25) is 4.79 Å². The second-order valence-electron chi connectivity index (χ2n) is 6.15. The summed E-state index contributed by atoms with van der Waals surface area (Å²) in [4.78, 5) is 12.9. The largest absolute Gasteiger partial charge is 0.495 e. The van der Waals surface area contributed by atoms with E-state index in [4.69, 9.17) is 33.2 Å². The molecule has 3 rings (SSSR count). The summed E-state index contributed by atoms with van der Waals surface area (Å²) < 4.78 is 19.8. The summed E-state index contributed by atoms with van der Waals surface area (Å²) in [6.07, 6.45) is 0. The lowest BCUT2D eigenvalue weighted by Crippen LogP contribution is -2.30. The minimum absolute atomic E-state index is 0.254. The first kappa shape index (κ1) is 20.7. The van der Waals surface area contributed by atoms with Crippen molar-refractivity contribution in [2.75, 3.05) is 7.11 Å². The molecular formula is C22H15Cl2FN2O2. The van der Waals surface area contributed by atoms with Crippen LogP contribution in [0.4, 0.5) is 4.39 Å². The molecule has 1 N–H and O–H groups in total. The van der Waals surface area contributed by atoms with Gasteiger partial charge in [-0.15, -0.1) is 0 Å². The summed E-state index contributed by atoms with van der Waals surface area (Å²) in [6.45, 7) is 0. The molecule has 0 aliphatic rings. The summed E-state index contributed by atoms with van der Waals surface area (Å²) in [5, 5.41) is 12.7. The molecule has 1 unspecified atom stereocenters. The third-order valence-corrected chi connectivity index (χ3v) is 4.82. The molecule has 0 radical (unpaired) electrons. The second-order valence-corrected chi connectivity index (χ2v) is 7.02. The molecule has 0 aliphatic carbocycles. The number of hydrogen-bond donors (Lipinski definition) is 1. The lowest BCUT2D eigenvalue weighted by molar-refractivity contribution is 0.0942. The fraction of sp³-hybridized carbons (Fsp3) is 0.0909. The van der Waals surface area contributed by atoms with Gasteiger partial charge in [0.15, 0.2) is 0 Å². The van der Waals surface area contributed by atoms with Gasteiger partial charge in [-0.05, 0) is 48.0 Å². The topological polar surface area (TPSA) is 62.1 Å². The summed E-state index contributed by atoms with van der Waals surface area (Å²) >= 11 is 11.8. The molecule has 0 aromatic heterocycles. The summed E-state index contributed by atoms with van der Waals surface area (Å²) in [5.74, 6) is -0.724. The van der Waals surface area contributed by atoms with Gasteiger partial charge in [0, 0.05) is 21.2 Å². The molecule has 3 aromatic rings. The molecule has 0 saturated heterocycles. The molecule has 0 bridgehead atoms. The monoisotopic (exact) mass is 428 g/mol. The molecule has 146 valence electrons. The van der Waals surface area contributed by atoms with Crippen molar-refractivity contribution in [3.63, 3.8) is 0 Å². The van der Waals surface area contributed by atoms with Crippen molar-refractivity contribution in [1.82, 2.24) is 5.32 Å². The Morgan fingerprint density at radius 1 is 1.07 bits per heavy atom. The Morgan fingerprint density at radius 3 is 2.38 bits per heavy atom. The van der Waals surface area contributed by atoms with Crippen LogP contribution in [-0.2, 0) is 0 Å². The maximum absolute atomic E-state index is 14.6. The van der Waals surface area contributed by atoms with Gasteiger partial charge in [0.2, 0.25) is 0 Å².